The van der Waals surface area contributed by atoms with Crippen molar-refractivity contribution in [2.45, 2.75) is 52.5 Å². The van der Waals surface area contributed by atoms with Crippen molar-refractivity contribution < 1.29 is 4.79 Å². The second-order valence-electron chi connectivity index (χ2n) is 6.01. The molecule has 1 aliphatic rings. The molecule has 2 heterocycles. The highest BCUT2D eigenvalue weighted by Crippen LogP contribution is 2.12. The molecular weight excluding hydrogens is 449 g/mol. The van der Waals surface area contributed by atoms with Crippen LogP contribution in [0.5, 0.6) is 0 Å². The van der Waals surface area contributed by atoms with Crippen molar-refractivity contribution in [1.82, 2.24) is 20.5 Å². The van der Waals surface area contributed by atoms with Crippen LogP contribution in [0, 0.1) is 6.92 Å². The Morgan fingerprint density at radius 2 is 2.20 bits per heavy atom. The number of nitrogens with one attached hydrogen (secondary N) is 2. The van der Waals surface area contributed by atoms with Gasteiger partial charge in [-0.15, -0.1) is 35.3 Å². The molecule has 1 aliphatic heterocycles. The number of hydrogen-bond acceptors (Lipinski definition) is 4. The second kappa shape index (κ2) is 12.5. The Balaban J connectivity index is 0.00000312. The largest absolute Gasteiger partial charge is 0.357 e. The predicted octanol–water partition coefficient (Wildman–Crippen LogP) is 2.92. The molecule has 2 rings (SSSR count). The first-order valence-electron chi connectivity index (χ1n) is 8.90. The monoisotopic (exact) mass is 479 g/mol. The van der Waals surface area contributed by atoms with Crippen LogP contribution in [0.25, 0.3) is 0 Å². The normalized spacial score (nSPS) is 15.5. The summed E-state index contributed by atoms with van der Waals surface area (Å²) in [6.07, 6.45) is 6.90. The highest BCUT2D eigenvalue weighted by atomic mass is 127. The molecular formula is C17H30IN5OS. The van der Waals surface area contributed by atoms with Crippen LogP contribution in [0.1, 0.15) is 48.9 Å². The number of aryl methyl sites for hydroxylation is 1. The number of halogens is 1. The third kappa shape index (κ3) is 8.35. The molecule has 0 bridgehead atoms. The third-order valence-corrected chi connectivity index (χ3v) is 4.87. The smallest absolute Gasteiger partial charge is 0.222 e. The highest BCUT2D eigenvalue weighted by molar-refractivity contribution is 14.0. The number of hydrogen-bond donors (Lipinski definition) is 2. The van der Waals surface area contributed by atoms with Gasteiger partial charge in [-0.3, -0.25) is 4.79 Å². The summed E-state index contributed by atoms with van der Waals surface area (Å²) in [6.45, 7) is 8.10. The van der Waals surface area contributed by atoms with E-state index in [0.717, 1.165) is 56.4 Å². The van der Waals surface area contributed by atoms with Gasteiger partial charge in [-0.05, 0) is 33.1 Å². The van der Waals surface area contributed by atoms with E-state index in [1.807, 2.05) is 18.0 Å². The van der Waals surface area contributed by atoms with Crippen LogP contribution < -0.4 is 10.6 Å². The van der Waals surface area contributed by atoms with Gasteiger partial charge < -0.3 is 15.5 Å². The first-order valence-corrected chi connectivity index (χ1v) is 9.72. The Hall–Kier alpha value is -0.900. The number of aliphatic imine (C=N–C) groups is 1. The Bertz CT molecular complexity index is 549. The van der Waals surface area contributed by atoms with E-state index in [1.165, 1.54) is 11.3 Å². The standard InChI is InChI=1S/C17H29N5OS.HI/c1-3-18-17(21-13-15-12-20-14(2)24-15)19-9-7-11-22-10-6-4-5-8-16(22)23;/h12H,3-11,13H2,1-2H3,(H2,18,19,21);1H. The van der Waals surface area contributed by atoms with E-state index in [-0.39, 0.29) is 24.0 Å². The van der Waals surface area contributed by atoms with Crippen LogP contribution in [-0.2, 0) is 11.3 Å². The summed E-state index contributed by atoms with van der Waals surface area (Å²) < 4.78 is 0. The Morgan fingerprint density at radius 3 is 2.92 bits per heavy atom. The molecule has 1 aromatic heterocycles. The van der Waals surface area contributed by atoms with Crippen LogP contribution in [0.3, 0.4) is 0 Å². The molecule has 25 heavy (non-hydrogen) atoms. The quantitative estimate of drug-likeness (QED) is 0.273. The lowest BCUT2D eigenvalue weighted by Gasteiger charge is -2.20. The fraction of sp³-hybridized carbons (Fsp3) is 0.706. The molecule has 1 fully saturated rings. The van der Waals surface area contributed by atoms with Crippen molar-refractivity contribution in [3.63, 3.8) is 0 Å². The van der Waals surface area contributed by atoms with Crippen molar-refractivity contribution in [3.8, 4) is 0 Å². The highest BCUT2D eigenvalue weighted by Gasteiger charge is 2.15. The van der Waals surface area contributed by atoms with E-state index < -0.39 is 0 Å². The molecule has 0 unspecified atom stereocenters. The molecule has 1 saturated heterocycles. The Kier molecular flexibility index (Phi) is 11.0. The van der Waals surface area contributed by atoms with Gasteiger partial charge in [-0.2, -0.15) is 0 Å². The van der Waals surface area contributed by atoms with E-state index in [1.54, 1.807) is 11.3 Å². The summed E-state index contributed by atoms with van der Waals surface area (Å²) in [5, 5.41) is 7.68. The average molecular weight is 479 g/mol. The van der Waals surface area contributed by atoms with Gasteiger partial charge in [0.05, 0.1) is 11.6 Å². The maximum absolute atomic E-state index is 12.0. The molecule has 2 N–H and O–H groups in total. The summed E-state index contributed by atoms with van der Waals surface area (Å²) in [7, 11) is 0. The molecule has 0 atom stereocenters. The molecule has 0 spiro atoms. The van der Waals surface area contributed by atoms with Crippen LogP contribution >= 0.6 is 35.3 Å². The summed E-state index contributed by atoms with van der Waals surface area (Å²) in [5.41, 5.74) is 0. The van der Waals surface area contributed by atoms with Gasteiger partial charge in [-0.25, -0.2) is 9.98 Å². The Labute approximate surface area is 171 Å². The van der Waals surface area contributed by atoms with E-state index in [2.05, 4.69) is 27.5 Å². The molecule has 0 radical (unpaired) electrons. The van der Waals surface area contributed by atoms with Crippen molar-refractivity contribution in [2.75, 3.05) is 26.2 Å². The number of carbonyl (C=O) groups is 1. The first kappa shape index (κ1) is 22.1. The molecule has 0 aromatic carbocycles. The summed E-state index contributed by atoms with van der Waals surface area (Å²) in [6, 6.07) is 0. The van der Waals surface area contributed by atoms with E-state index >= 15 is 0 Å². The number of guanidine groups is 1. The molecule has 1 aromatic rings. The maximum atomic E-state index is 12.0. The van der Waals surface area contributed by atoms with Gasteiger partial charge in [0.25, 0.3) is 0 Å². The van der Waals surface area contributed by atoms with Crippen LogP contribution in [0.4, 0.5) is 0 Å². The van der Waals surface area contributed by atoms with E-state index in [4.69, 9.17) is 0 Å². The number of likely N-dealkylation sites (tertiary alicyclic amines) is 1. The van der Waals surface area contributed by atoms with Gasteiger partial charge in [0.1, 0.15) is 0 Å². The molecule has 142 valence electrons. The minimum absolute atomic E-state index is 0. The van der Waals surface area contributed by atoms with E-state index in [0.29, 0.717) is 18.9 Å². The SMILES string of the molecule is CCNC(=NCc1cnc(C)s1)NCCCN1CCCCCC1=O.I. The summed E-state index contributed by atoms with van der Waals surface area (Å²) in [4.78, 5) is 24.0. The third-order valence-electron chi connectivity index (χ3n) is 3.98. The number of carbonyl (C=O) groups excluding carboxylic acids is 1. The van der Waals surface area contributed by atoms with Gasteiger partial charge in [0, 0.05) is 43.7 Å². The Morgan fingerprint density at radius 1 is 1.36 bits per heavy atom. The molecule has 1 amide bonds. The topological polar surface area (TPSA) is 69.6 Å². The predicted molar refractivity (Wildman–Crippen MR) is 115 cm³/mol. The fourth-order valence-electron chi connectivity index (χ4n) is 2.73. The zero-order chi connectivity index (χ0) is 17.2. The number of rotatable bonds is 7. The van der Waals surface area contributed by atoms with Crippen LogP contribution in [0.15, 0.2) is 11.2 Å². The lowest BCUT2D eigenvalue weighted by Crippen LogP contribution is -2.39. The maximum Gasteiger partial charge on any atom is 0.222 e. The van der Waals surface area contributed by atoms with E-state index in [9.17, 15) is 4.79 Å². The van der Waals surface area contributed by atoms with Crippen LogP contribution in [-0.4, -0.2) is 47.9 Å². The van der Waals surface area contributed by atoms with Crippen molar-refractivity contribution >= 4 is 47.2 Å². The van der Waals surface area contributed by atoms with Gasteiger partial charge in [0.15, 0.2) is 5.96 Å². The van der Waals surface area contributed by atoms with Gasteiger partial charge in [-0.1, -0.05) is 6.42 Å². The molecule has 0 saturated carbocycles. The number of amides is 1. The molecule has 6 nitrogen and oxygen atoms in total. The first-order chi connectivity index (χ1) is 11.7. The van der Waals surface area contributed by atoms with Crippen molar-refractivity contribution in [2.24, 2.45) is 4.99 Å². The molecule has 0 aliphatic carbocycles. The molecule has 8 heteroatoms. The number of aromatic nitrogens is 1. The lowest BCUT2D eigenvalue weighted by atomic mass is 10.2. The van der Waals surface area contributed by atoms with Crippen LogP contribution in [0.2, 0.25) is 0 Å². The minimum Gasteiger partial charge on any atom is -0.357 e. The number of nitrogens with zero attached hydrogens (tertiary/aromatic N) is 3. The van der Waals surface area contributed by atoms with Gasteiger partial charge in [0.2, 0.25) is 5.91 Å². The van der Waals surface area contributed by atoms with Crippen molar-refractivity contribution in [1.29, 1.82) is 0 Å². The second-order valence-corrected chi connectivity index (χ2v) is 7.33. The summed E-state index contributed by atoms with van der Waals surface area (Å²) >= 11 is 1.68. The minimum atomic E-state index is 0. The average Bonchev–Trinajstić information content (AvgIpc) is 2.87. The lowest BCUT2D eigenvalue weighted by molar-refractivity contribution is -0.130. The number of thiazole rings is 1. The fourth-order valence-corrected chi connectivity index (χ4v) is 3.45. The van der Waals surface area contributed by atoms with Crippen molar-refractivity contribution in [3.05, 3.63) is 16.1 Å². The summed E-state index contributed by atoms with van der Waals surface area (Å²) in [5.74, 6) is 1.14. The van der Waals surface area contributed by atoms with Gasteiger partial charge >= 0.3 is 0 Å². The zero-order valence-electron chi connectivity index (χ0n) is 15.2. The zero-order valence-corrected chi connectivity index (χ0v) is 18.4.